The first-order valence-electron chi connectivity index (χ1n) is 8.13. The molecule has 0 saturated carbocycles. The van der Waals surface area contributed by atoms with Gasteiger partial charge >= 0.3 is 0 Å². The molecule has 3 rings (SSSR count). The Labute approximate surface area is 150 Å². The molecule has 1 unspecified atom stereocenters. The Morgan fingerprint density at radius 1 is 1.31 bits per heavy atom. The molecule has 136 valence electrons. The lowest BCUT2D eigenvalue weighted by Crippen LogP contribution is -2.50. The predicted molar refractivity (Wildman–Crippen MR) is 93.9 cm³/mol. The molecule has 1 heterocycles. The summed E-state index contributed by atoms with van der Waals surface area (Å²) in [5, 5.41) is 2.53. The van der Waals surface area contributed by atoms with Gasteiger partial charge in [-0.3, -0.25) is 9.59 Å². The average Bonchev–Trinajstić information content (AvgIpc) is 2.66. The smallest absolute Gasteiger partial charge is 0.262 e. The summed E-state index contributed by atoms with van der Waals surface area (Å²) in [6.45, 7) is 0.0914. The molecule has 0 bridgehead atoms. The molecule has 6 nitrogen and oxygen atoms in total. The van der Waals surface area contributed by atoms with Crippen LogP contribution in [-0.4, -0.2) is 38.6 Å². The second-order valence-electron chi connectivity index (χ2n) is 5.84. The molecule has 1 atom stereocenters. The zero-order valence-electron chi connectivity index (χ0n) is 14.5. The van der Waals surface area contributed by atoms with E-state index in [9.17, 15) is 14.0 Å². The maximum Gasteiger partial charge on any atom is 0.262 e. The quantitative estimate of drug-likeness (QED) is 0.907. The number of para-hydroxylation sites is 2. The number of methoxy groups -OCH3 is 1. The van der Waals surface area contributed by atoms with Crippen molar-refractivity contribution >= 4 is 17.5 Å². The van der Waals surface area contributed by atoms with Gasteiger partial charge in [-0.25, -0.2) is 4.39 Å². The van der Waals surface area contributed by atoms with E-state index in [1.165, 1.54) is 31.2 Å². The molecule has 7 heteroatoms. The lowest BCUT2D eigenvalue weighted by molar-refractivity contribution is -0.127. The van der Waals surface area contributed by atoms with Crippen molar-refractivity contribution in [3.05, 3.63) is 53.8 Å². The van der Waals surface area contributed by atoms with E-state index in [1.807, 2.05) is 0 Å². The summed E-state index contributed by atoms with van der Waals surface area (Å²) in [6, 6.07) is 11.4. The molecule has 0 aromatic heterocycles. The van der Waals surface area contributed by atoms with Gasteiger partial charge in [0.15, 0.2) is 17.7 Å². The maximum absolute atomic E-state index is 13.9. The van der Waals surface area contributed by atoms with Crippen molar-refractivity contribution in [1.82, 2.24) is 5.32 Å². The fourth-order valence-electron chi connectivity index (χ4n) is 2.86. The molecule has 2 aromatic carbocycles. The Morgan fingerprint density at radius 3 is 2.77 bits per heavy atom. The number of fused-ring (bicyclic) bond motifs is 1. The lowest BCUT2D eigenvalue weighted by Gasteiger charge is -2.34. The average molecular weight is 358 g/mol. The highest BCUT2D eigenvalue weighted by Crippen LogP contribution is 2.33. The zero-order valence-corrected chi connectivity index (χ0v) is 14.5. The van der Waals surface area contributed by atoms with E-state index in [0.29, 0.717) is 17.0 Å². The molecule has 1 N–H and O–H groups in total. The minimum absolute atomic E-state index is 0.00425. The predicted octanol–water partition coefficient (Wildman–Crippen LogP) is 1.92. The van der Waals surface area contributed by atoms with Gasteiger partial charge in [-0.2, -0.15) is 0 Å². The third kappa shape index (κ3) is 3.46. The van der Waals surface area contributed by atoms with Crippen molar-refractivity contribution < 1.29 is 23.5 Å². The third-order valence-corrected chi connectivity index (χ3v) is 4.19. The Morgan fingerprint density at radius 2 is 2.08 bits per heavy atom. The fourth-order valence-corrected chi connectivity index (χ4v) is 2.86. The van der Waals surface area contributed by atoms with Crippen molar-refractivity contribution in [1.29, 1.82) is 0 Å². The Kier molecular flexibility index (Phi) is 5.06. The number of nitrogens with one attached hydrogen (secondary N) is 1. The van der Waals surface area contributed by atoms with E-state index in [1.54, 1.807) is 30.3 Å². The van der Waals surface area contributed by atoms with Crippen LogP contribution in [0.25, 0.3) is 0 Å². The summed E-state index contributed by atoms with van der Waals surface area (Å²) in [6.07, 6.45) is -0.804. The number of hydrogen-bond donors (Lipinski definition) is 1. The second-order valence-corrected chi connectivity index (χ2v) is 5.84. The molecule has 0 radical (unpaired) electrons. The molecule has 1 aliphatic heterocycles. The van der Waals surface area contributed by atoms with Gasteiger partial charge in [-0.05, 0) is 29.8 Å². The molecular formula is C19H19FN2O4. The summed E-state index contributed by atoms with van der Waals surface area (Å²) in [5.41, 5.74) is 1.11. The van der Waals surface area contributed by atoms with E-state index in [0.717, 1.165) is 0 Å². The van der Waals surface area contributed by atoms with Crippen molar-refractivity contribution in [3.8, 4) is 11.5 Å². The molecule has 26 heavy (non-hydrogen) atoms. The lowest BCUT2D eigenvalue weighted by atomic mass is 10.1. The first-order chi connectivity index (χ1) is 12.5. The van der Waals surface area contributed by atoms with Crippen LogP contribution in [0, 0.1) is 5.82 Å². The minimum atomic E-state index is -0.800. The fraction of sp³-hybridized carbons (Fsp3) is 0.263. The number of hydrogen-bond acceptors (Lipinski definition) is 4. The monoisotopic (exact) mass is 358 g/mol. The minimum Gasteiger partial charge on any atom is -0.494 e. The van der Waals surface area contributed by atoms with Crippen LogP contribution in [0.4, 0.5) is 10.1 Å². The van der Waals surface area contributed by atoms with Gasteiger partial charge in [-0.1, -0.05) is 18.2 Å². The SMILES string of the molecule is CNC(=O)C1CN(C(=O)Cc2ccc(OC)c(F)c2)c2ccccc2O1. The standard InChI is InChI=1S/C19H19FN2O4/c1-21-19(24)17-11-22(14-5-3-4-6-16(14)26-17)18(23)10-12-7-8-15(25-2)13(20)9-12/h3-9,17H,10-11H2,1-2H3,(H,21,24). The van der Waals surface area contributed by atoms with Crippen molar-refractivity contribution in [2.45, 2.75) is 12.5 Å². The summed E-state index contributed by atoms with van der Waals surface area (Å²) in [7, 11) is 2.89. The van der Waals surface area contributed by atoms with Crippen LogP contribution in [0.5, 0.6) is 11.5 Å². The first-order valence-corrected chi connectivity index (χ1v) is 8.13. The van der Waals surface area contributed by atoms with Gasteiger partial charge in [0.05, 0.1) is 25.8 Å². The van der Waals surface area contributed by atoms with E-state index < -0.39 is 11.9 Å². The normalized spacial score (nSPS) is 15.7. The number of amides is 2. The molecule has 0 spiro atoms. The molecule has 0 aliphatic carbocycles. The van der Waals surface area contributed by atoms with Crippen molar-refractivity contribution in [2.75, 3.05) is 25.6 Å². The Bertz CT molecular complexity index is 840. The van der Waals surface area contributed by atoms with Gasteiger partial charge < -0.3 is 19.7 Å². The van der Waals surface area contributed by atoms with E-state index >= 15 is 0 Å². The number of carbonyl (C=O) groups is 2. The van der Waals surface area contributed by atoms with E-state index in [2.05, 4.69) is 5.32 Å². The number of ether oxygens (including phenoxy) is 2. The number of anilines is 1. The van der Waals surface area contributed by atoms with Crippen LogP contribution in [0.3, 0.4) is 0 Å². The Hall–Kier alpha value is -3.09. The number of halogens is 1. The zero-order chi connectivity index (χ0) is 18.7. The summed E-state index contributed by atoms with van der Waals surface area (Å²) < 4.78 is 24.4. The number of likely N-dealkylation sites (N-methyl/N-ethyl adjacent to an activating group) is 1. The highest BCUT2D eigenvalue weighted by molar-refractivity contribution is 5.98. The van der Waals surface area contributed by atoms with Crippen LogP contribution in [0.15, 0.2) is 42.5 Å². The maximum atomic E-state index is 13.9. The molecule has 1 aliphatic rings. The van der Waals surface area contributed by atoms with Crippen LogP contribution in [0.2, 0.25) is 0 Å². The van der Waals surface area contributed by atoms with E-state index in [4.69, 9.17) is 9.47 Å². The van der Waals surface area contributed by atoms with Crippen molar-refractivity contribution in [3.63, 3.8) is 0 Å². The van der Waals surface area contributed by atoms with Gasteiger partial charge in [0.25, 0.3) is 5.91 Å². The van der Waals surface area contributed by atoms with Crippen LogP contribution in [-0.2, 0) is 16.0 Å². The number of nitrogens with zero attached hydrogens (tertiary/aromatic N) is 1. The van der Waals surface area contributed by atoms with Gasteiger partial charge in [0, 0.05) is 7.05 Å². The molecular weight excluding hydrogens is 339 g/mol. The number of carbonyl (C=O) groups excluding carboxylic acids is 2. The van der Waals surface area contributed by atoms with Crippen LogP contribution in [0.1, 0.15) is 5.56 Å². The van der Waals surface area contributed by atoms with Crippen LogP contribution < -0.4 is 19.7 Å². The summed E-state index contributed by atoms with van der Waals surface area (Å²) >= 11 is 0. The second kappa shape index (κ2) is 7.43. The number of benzene rings is 2. The summed E-state index contributed by atoms with van der Waals surface area (Å²) in [5.74, 6) is -0.505. The topological polar surface area (TPSA) is 67.9 Å². The van der Waals surface area contributed by atoms with Gasteiger partial charge in [-0.15, -0.1) is 0 Å². The third-order valence-electron chi connectivity index (χ3n) is 4.19. The molecule has 2 amide bonds. The highest BCUT2D eigenvalue weighted by atomic mass is 19.1. The molecule has 0 fully saturated rings. The van der Waals surface area contributed by atoms with Gasteiger partial charge in [0.2, 0.25) is 5.91 Å². The molecule has 0 saturated heterocycles. The molecule has 2 aromatic rings. The van der Waals surface area contributed by atoms with Crippen LogP contribution >= 0.6 is 0 Å². The largest absolute Gasteiger partial charge is 0.494 e. The van der Waals surface area contributed by atoms with E-state index in [-0.39, 0.29) is 30.5 Å². The Balaban J connectivity index is 1.85. The van der Waals surface area contributed by atoms with Gasteiger partial charge in [0.1, 0.15) is 5.75 Å². The highest BCUT2D eigenvalue weighted by Gasteiger charge is 2.33. The van der Waals surface area contributed by atoms with Crippen molar-refractivity contribution in [2.24, 2.45) is 0 Å². The summed E-state index contributed by atoms with van der Waals surface area (Å²) in [4.78, 5) is 26.3. The number of rotatable bonds is 4. The first kappa shape index (κ1) is 17.7.